The normalized spacial score (nSPS) is 11.7. The summed E-state index contributed by atoms with van der Waals surface area (Å²) in [5, 5.41) is 0. The number of aryl methyl sites for hydroxylation is 1. The van der Waals surface area contributed by atoms with E-state index in [-0.39, 0.29) is 16.8 Å². The lowest BCUT2D eigenvalue weighted by atomic mass is 10.1. The van der Waals surface area contributed by atoms with Crippen molar-refractivity contribution >= 4 is 11.0 Å². The van der Waals surface area contributed by atoms with Gasteiger partial charge in [-0.25, -0.2) is 4.98 Å². The van der Waals surface area contributed by atoms with Crippen LogP contribution in [-0.4, -0.2) is 25.5 Å². The molecule has 142 valence electrons. The number of alkyl halides is 3. The fraction of sp³-hybridized carbons (Fsp3) is 0.105. The molecule has 0 amide bonds. The molecule has 0 radical (unpaired) electrons. The maximum Gasteiger partial charge on any atom is 0.573 e. The number of halogens is 3. The maximum atomic E-state index is 12.9. The summed E-state index contributed by atoms with van der Waals surface area (Å²) in [7, 11) is 1.78. The number of rotatable bonds is 3. The van der Waals surface area contributed by atoms with Crippen LogP contribution >= 0.6 is 0 Å². The first-order valence-corrected chi connectivity index (χ1v) is 8.17. The first kappa shape index (κ1) is 17.8. The van der Waals surface area contributed by atoms with E-state index in [0.29, 0.717) is 11.2 Å². The van der Waals surface area contributed by atoms with Crippen LogP contribution in [0.4, 0.5) is 13.2 Å². The number of imidazole rings is 1. The van der Waals surface area contributed by atoms with Crippen LogP contribution in [0.2, 0.25) is 0 Å². The standard InChI is InChI=1S/C19H13F3N4O2/c1-25-11-24-16-17(25)15(12-6-8-23-9-7-12)10-26(18(16)27)13-2-4-14(5-3-13)28-19(20,21)22/h2-11H,1H3. The van der Waals surface area contributed by atoms with Crippen LogP contribution in [-0.2, 0) is 7.05 Å². The van der Waals surface area contributed by atoms with Gasteiger partial charge in [-0.05, 0) is 42.0 Å². The van der Waals surface area contributed by atoms with Gasteiger partial charge in [0.25, 0.3) is 5.56 Å². The zero-order valence-electron chi connectivity index (χ0n) is 14.5. The van der Waals surface area contributed by atoms with Gasteiger partial charge in [0, 0.05) is 36.9 Å². The summed E-state index contributed by atoms with van der Waals surface area (Å²) >= 11 is 0. The van der Waals surface area contributed by atoms with Crippen LogP contribution in [0.15, 0.2) is 66.1 Å². The number of benzene rings is 1. The molecule has 0 saturated heterocycles. The summed E-state index contributed by atoms with van der Waals surface area (Å²) in [6.07, 6.45) is 1.68. The number of ether oxygens (including phenoxy) is 1. The molecular weight excluding hydrogens is 373 g/mol. The molecule has 0 saturated carbocycles. The highest BCUT2D eigenvalue weighted by Gasteiger charge is 2.31. The SMILES string of the molecule is Cn1cnc2c(=O)n(-c3ccc(OC(F)(F)F)cc3)cc(-c3ccncc3)c21. The smallest absolute Gasteiger partial charge is 0.406 e. The average Bonchev–Trinajstić information content (AvgIpc) is 3.05. The van der Waals surface area contributed by atoms with Crippen LogP contribution in [0.3, 0.4) is 0 Å². The first-order valence-electron chi connectivity index (χ1n) is 8.17. The van der Waals surface area contributed by atoms with Gasteiger partial charge in [0.05, 0.1) is 11.8 Å². The molecule has 4 aromatic rings. The van der Waals surface area contributed by atoms with E-state index in [9.17, 15) is 18.0 Å². The van der Waals surface area contributed by atoms with Gasteiger partial charge in [0.2, 0.25) is 0 Å². The van der Waals surface area contributed by atoms with E-state index in [0.717, 1.165) is 23.3 Å². The summed E-state index contributed by atoms with van der Waals surface area (Å²) in [4.78, 5) is 21.1. The Bertz CT molecular complexity index is 1200. The predicted octanol–water partition coefficient (Wildman–Crippen LogP) is 3.68. The maximum absolute atomic E-state index is 12.9. The molecule has 0 atom stereocenters. The lowest BCUT2D eigenvalue weighted by Gasteiger charge is -2.13. The lowest BCUT2D eigenvalue weighted by Crippen LogP contribution is -2.19. The quantitative estimate of drug-likeness (QED) is 0.539. The minimum absolute atomic E-state index is 0.257. The van der Waals surface area contributed by atoms with Gasteiger partial charge in [0.15, 0.2) is 5.52 Å². The minimum Gasteiger partial charge on any atom is -0.406 e. The van der Waals surface area contributed by atoms with E-state index in [1.807, 2.05) is 0 Å². The molecule has 1 aromatic carbocycles. The number of nitrogens with zero attached hydrogens (tertiary/aromatic N) is 4. The highest BCUT2D eigenvalue weighted by Crippen LogP contribution is 2.28. The molecule has 4 rings (SSSR count). The van der Waals surface area contributed by atoms with Crippen molar-refractivity contribution in [2.75, 3.05) is 0 Å². The fourth-order valence-corrected chi connectivity index (χ4v) is 3.01. The van der Waals surface area contributed by atoms with Gasteiger partial charge in [-0.3, -0.25) is 14.3 Å². The van der Waals surface area contributed by atoms with Gasteiger partial charge in [-0.1, -0.05) is 0 Å². The summed E-state index contributed by atoms with van der Waals surface area (Å²) < 4.78 is 44.0. The Kier molecular flexibility index (Phi) is 4.14. The predicted molar refractivity (Wildman–Crippen MR) is 96.2 cm³/mol. The second-order valence-corrected chi connectivity index (χ2v) is 6.05. The van der Waals surface area contributed by atoms with Crippen molar-refractivity contribution in [1.29, 1.82) is 0 Å². The summed E-state index contributed by atoms with van der Waals surface area (Å²) in [6.45, 7) is 0. The first-order chi connectivity index (χ1) is 13.3. The van der Waals surface area contributed by atoms with E-state index in [2.05, 4.69) is 14.7 Å². The van der Waals surface area contributed by atoms with E-state index in [4.69, 9.17) is 0 Å². The molecule has 0 aliphatic carbocycles. The Morgan fingerprint density at radius 1 is 1.04 bits per heavy atom. The number of hydrogen-bond acceptors (Lipinski definition) is 4. The fourth-order valence-electron chi connectivity index (χ4n) is 3.01. The summed E-state index contributed by atoms with van der Waals surface area (Å²) in [5.41, 5.74) is 2.50. The second kappa shape index (κ2) is 6.52. The molecule has 0 spiro atoms. The number of fused-ring (bicyclic) bond motifs is 1. The summed E-state index contributed by atoms with van der Waals surface area (Å²) in [5.74, 6) is -0.363. The van der Waals surface area contributed by atoms with Crippen molar-refractivity contribution in [3.05, 3.63) is 71.7 Å². The van der Waals surface area contributed by atoms with Gasteiger partial charge < -0.3 is 9.30 Å². The van der Waals surface area contributed by atoms with Gasteiger partial charge in [-0.15, -0.1) is 13.2 Å². The molecule has 9 heteroatoms. The Labute approximate surface area is 156 Å². The molecular formula is C19H13F3N4O2. The Morgan fingerprint density at radius 2 is 1.71 bits per heavy atom. The van der Waals surface area contributed by atoms with Crippen molar-refractivity contribution in [3.8, 4) is 22.6 Å². The second-order valence-electron chi connectivity index (χ2n) is 6.05. The van der Waals surface area contributed by atoms with E-state index in [1.165, 1.54) is 16.7 Å². The topological polar surface area (TPSA) is 61.9 Å². The minimum atomic E-state index is -4.78. The zero-order chi connectivity index (χ0) is 19.9. The van der Waals surface area contributed by atoms with Crippen LogP contribution in [0.25, 0.3) is 27.8 Å². The Morgan fingerprint density at radius 3 is 2.36 bits per heavy atom. The molecule has 28 heavy (non-hydrogen) atoms. The molecule has 3 aromatic heterocycles. The largest absolute Gasteiger partial charge is 0.573 e. The zero-order valence-corrected chi connectivity index (χ0v) is 14.5. The molecule has 0 aliphatic heterocycles. The number of hydrogen-bond donors (Lipinski definition) is 0. The van der Waals surface area contributed by atoms with Crippen LogP contribution < -0.4 is 10.3 Å². The van der Waals surface area contributed by atoms with Crippen LogP contribution in [0, 0.1) is 0 Å². The molecule has 0 fully saturated rings. The molecule has 0 bridgehead atoms. The van der Waals surface area contributed by atoms with E-state index in [1.54, 1.807) is 48.7 Å². The van der Waals surface area contributed by atoms with E-state index >= 15 is 0 Å². The Hall–Kier alpha value is -3.62. The average molecular weight is 386 g/mol. The van der Waals surface area contributed by atoms with Crippen LogP contribution in [0.5, 0.6) is 5.75 Å². The summed E-state index contributed by atoms with van der Waals surface area (Å²) in [6, 6.07) is 8.68. The third-order valence-corrected chi connectivity index (χ3v) is 4.21. The van der Waals surface area contributed by atoms with Crippen molar-refractivity contribution < 1.29 is 17.9 Å². The molecule has 0 aliphatic rings. The van der Waals surface area contributed by atoms with Crippen molar-refractivity contribution in [3.63, 3.8) is 0 Å². The highest BCUT2D eigenvalue weighted by atomic mass is 19.4. The van der Waals surface area contributed by atoms with Crippen molar-refractivity contribution in [2.45, 2.75) is 6.36 Å². The third-order valence-electron chi connectivity index (χ3n) is 4.21. The van der Waals surface area contributed by atoms with Crippen LogP contribution in [0.1, 0.15) is 0 Å². The number of pyridine rings is 2. The van der Waals surface area contributed by atoms with Crippen molar-refractivity contribution in [1.82, 2.24) is 19.1 Å². The number of aromatic nitrogens is 4. The van der Waals surface area contributed by atoms with E-state index < -0.39 is 6.36 Å². The highest BCUT2D eigenvalue weighted by molar-refractivity contribution is 5.91. The molecule has 3 heterocycles. The van der Waals surface area contributed by atoms with Gasteiger partial charge in [-0.2, -0.15) is 0 Å². The molecule has 6 nitrogen and oxygen atoms in total. The Balaban J connectivity index is 1.89. The lowest BCUT2D eigenvalue weighted by molar-refractivity contribution is -0.274. The van der Waals surface area contributed by atoms with Crippen molar-refractivity contribution in [2.24, 2.45) is 7.05 Å². The molecule has 0 unspecified atom stereocenters. The van der Waals surface area contributed by atoms with Gasteiger partial charge >= 0.3 is 6.36 Å². The molecule has 0 N–H and O–H groups in total. The monoisotopic (exact) mass is 386 g/mol. The van der Waals surface area contributed by atoms with Gasteiger partial charge in [0.1, 0.15) is 5.75 Å². The third kappa shape index (κ3) is 3.22.